The largest absolute Gasteiger partial charge is 0.490 e. The van der Waals surface area contributed by atoms with E-state index in [9.17, 15) is 0 Å². The van der Waals surface area contributed by atoms with E-state index in [1.165, 1.54) is 0 Å². The third-order valence-corrected chi connectivity index (χ3v) is 4.08. The van der Waals surface area contributed by atoms with Gasteiger partial charge in [0.15, 0.2) is 11.5 Å². The van der Waals surface area contributed by atoms with E-state index >= 15 is 0 Å². The first-order valence-electron chi connectivity index (χ1n) is 7.78. The lowest BCUT2D eigenvalue weighted by Gasteiger charge is -2.16. The van der Waals surface area contributed by atoms with Crippen molar-refractivity contribution < 1.29 is 9.47 Å². The standard InChI is InChI=1S/C19H21BrClNO2/c1-3-8-22-12-15-10-17(20)19(18(11-15)23-4-2)24-13-14-6-5-7-16(21)9-14/h3,5-7,9-11,22H,1,4,8,12-13H2,2H3. The van der Waals surface area contributed by atoms with Gasteiger partial charge < -0.3 is 14.8 Å². The van der Waals surface area contributed by atoms with Crippen LogP contribution >= 0.6 is 27.5 Å². The van der Waals surface area contributed by atoms with E-state index in [1.807, 2.05) is 49.4 Å². The van der Waals surface area contributed by atoms with Crippen molar-refractivity contribution >= 4 is 27.5 Å². The first-order chi connectivity index (χ1) is 11.6. The Morgan fingerprint density at radius 1 is 1.21 bits per heavy atom. The molecule has 24 heavy (non-hydrogen) atoms. The molecule has 0 bridgehead atoms. The van der Waals surface area contributed by atoms with Gasteiger partial charge in [-0.2, -0.15) is 0 Å². The first-order valence-corrected chi connectivity index (χ1v) is 8.95. The lowest BCUT2D eigenvalue weighted by molar-refractivity contribution is 0.267. The summed E-state index contributed by atoms with van der Waals surface area (Å²) in [4.78, 5) is 0. The summed E-state index contributed by atoms with van der Waals surface area (Å²) in [7, 11) is 0. The minimum atomic E-state index is 0.424. The zero-order valence-corrected chi connectivity index (χ0v) is 16.0. The molecule has 0 aliphatic rings. The molecule has 0 radical (unpaired) electrons. The summed E-state index contributed by atoms with van der Waals surface area (Å²) in [5, 5.41) is 3.98. The third-order valence-electron chi connectivity index (χ3n) is 3.26. The average Bonchev–Trinajstić information content (AvgIpc) is 2.55. The summed E-state index contributed by atoms with van der Waals surface area (Å²) < 4.78 is 12.6. The maximum absolute atomic E-state index is 6.02. The number of halogens is 2. The minimum absolute atomic E-state index is 0.424. The molecule has 0 amide bonds. The highest BCUT2D eigenvalue weighted by Crippen LogP contribution is 2.37. The Bertz CT molecular complexity index is 691. The van der Waals surface area contributed by atoms with Crippen LogP contribution in [0.1, 0.15) is 18.1 Å². The van der Waals surface area contributed by atoms with Crippen LogP contribution in [-0.2, 0) is 13.2 Å². The fraction of sp³-hybridized carbons (Fsp3) is 0.263. The van der Waals surface area contributed by atoms with E-state index in [0.717, 1.165) is 34.4 Å². The van der Waals surface area contributed by atoms with E-state index in [-0.39, 0.29) is 0 Å². The predicted molar refractivity (Wildman–Crippen MR) is 103 cm³/mol. The highest BCUT2D eigenvalue weighted by Gasteiger charge is 2.12. The summed E-state index contributed by atoms with van der Waals surface area (Å²) in [6.45, 7) is 8.15. The van der Waals surface area contributed by atoms with Crippen molar-refractivity contribution in [3.8, 4) is 11.5 Å². The van der Waals surface area contributed by atoms with Crippen molar-refractivity contribution in [3.05, 3.63) is 69.7 Å². The predicted octanol–water partition coefficient (Wildman–Crippen LogP) is 5.36. The molecule has 0 heterocycles. The number of hydrogen-bond donors (Lipinski definition) is 1. The number of hydrogen-bond acceptors (Lipinski definition) is 3. The van der Waals surface area contributed by atoms with Crippen LogP contribution < -0.4 is 14.8 Å². The van der Waals surface area contributed by atoms with Crippen molar-refractivity contribution in [3.63, 3.8) is 0 Å². The maximum Gasteiger partial charge on any atom is 0.175 e. The van der Waals surface area contributed by atoms with Gasteiger partial charge in [0.1, 0.15) is 6.61 Å². The van der Waals surface area contributed by atoms with Crippen molar-refractivity contribution in [2.24, 2.45) is 0 Å². The molecule has 0 aliphatic carbocycles. The van der Waals surface area contributed by atoms with E-state index in [4.69, 9.17) is 21.1 Å². The molecule has 2 aromatic carbocycles. The maximum atomic E-state index is 6.02. The van der Waals surface area contributed by atoms with Crippen molar-refractivity contribution in [1.82, 2.24) is 5.32 Å². The van der Waals surface area contributed by atoms with Crippen LogP contribution in [0.4, 0.5) is 0 Å². The summed E-state index contributed by atoms with van der Waals surface area (Å²) in [5.41, 5.74) is 2.12. The Balaban J connectivity index is 2.16. The van der Waals surface area contributed by atoms with Gasteiger partial charge in [-0.25, -0.2) is 0 Å². The molecule has 2 rings (SSSR count). The molecule has 0 atom stereocenters. The van der Waals surface area contributed by atoms with Gasteiger partial charge in [-0.3, -0.25) is 0 Å². The molecule has 0 saturated carbocycles. The van der Waals surface area contributed by atoms with Gasteiger partial charge in [0, 0.05) is 18.1 Å². The van der Waals surface area contributed by atoms with Crippen LogP contribution in [0.3, 0.4) is 0 Å². The molecule has 0 fully saturated rings. The van der Waals surface area contributed by atoms with Crippen LogP contribution in [-0.4, -0.2) is 13.2 Å². The zero-order chi connectivity index (χ0) is 17.4. The number of rotatable bonds is 9. The minimum Gasteiger partial charge on any atom is -0.490 e. The lowest BCUT2D eigenvalue weighted by atomic mass is 10.2. The molecular formula is C19H21BrClNO2. The van der Waals surface area contributed by atoms with Crippen molar-refractivity contribution in [2.45, 2.75) is 20.1 Å². The van der Waals surface area contributed by atoms with Crippen molar-refractivity contribution in [2.75, 3.05) is 13.2 Å². The molecule has 3 nitrogen and oxygen atoms in total. The molecule has 0 saturated heterocycles. The highest BCUT2D eigenvalue weighted by atomic mass is 79.9. The van der Waals surface area contributed by atoms with Crippen LogP contribution in [0, 0.1) is 0 Å². The molecule has 0 aromatic heterocycles. The Hall–Kier alpha value is -1.49. The Morgan fingerprint density at radius 3 is 2.75 bits per heavy atom. The first kappa shape index (κ1) is 18.8. The second kappa shape index (κ2) is 9.72. The van der Waals surface area contributed by atoms with Crippen LogP contribution in [0.5, 0.6) is 11.5 Å². The normalized spacial score (nSPS) is 10.5. The lowest BCUT2D eigenvalue weighted by Crippen LogP contribution is -2.13. The SMILES string of the molecule is C=CCNCc1cc(Br)c(OCc2cccc(Cl)c2)c(OCC)c1. The molecule has 0 spiro atoms. The van der Waals surface area contributed by atoms with Gasteiger partial charge in [0.2, 0.25) is 0 Å². The van der Waals surface area contributed by atoms with Crippen molar-refractivity contribution in [1.29, 1.82) is 0 Å². The topological polar surface area (TPSA) is 30.5 Å². The van der Waals surface area contributed by atoms with Gasteiger partial charge in [0.05, 0.1) is 11.1 Å². The number of ether oxygens (including phenoxy) is 2. The van der Waals surface area contributed by atoms with E-state index < -0.39 is 0 Å². The summed E-state index contributed by atoms with van der Waals surface area (Å²) in [6, 6.07) is 11.7. The van der Waals surface area contributed by atoms with Crippen LogP contribution in [0.15, 0.2) is 53.5 Å². The van der Waals surface area contributed by atoms with Gasteiger partial charge in [0.25, 0.3) is 0 Å². The highest BCUT2D eigenvalue weighted by molar-refractivity contribution is 9.10. The smallest absolute Gasteiger partial charge is 0.175 e. The third kappa shape index (κ3) is 5.55. The Morgan fingerprint density at radius 2 is 2.04 bits per heavy atom. The Labute approximate surface area is 156 Å². The molecule has 0 aliphatic heterocycles. The zero-order valence-electron chi connectivity index (χ0n) is 13.6. The molecule has 2 aromatic rings. The second-order valence-electron chi connectivity index (χ2n) is 5.18. The monoisotopic (exact) mass is 409 g/mol. The summed E-state index contributed by atoms with van der Waals surface area (Å²) in [6.07, 6.45) is 1.83. The fourth-order valence-electron chi connectivity index (χ4n) is 2.23. The average molecular weight is 411 g/mol. The molecule has 1 N–H and O–H groups in total. The van der Waals surface area contributed by atoms with Crippen LogP contribution in [0.25, 0.3) is 0 Å². The van der Waals surface area contributed by atoms with Gasteiger partial charge in [-0.15, -0.1) is 6.58 Å². The molecular weight excluding hydrogens is 390 g/mol. The fourth-order valence-corrected chi connectivity index (χ4v) is 3.04. The quantitative estimate of drug-likeness (QED) is 0.446. The van der Waals surface area contributed by atoms with Gasteiger partial charge in [-0.1, -0.05) is 29.8 Å². The molecule has 0 unspecified atom stereocenters. The van der Waals surface area contributed by atoms with Gasteiger partial charge >= 0.3 is 0 Å². The molecule has 128 valence electrons. The molecule has 5 heteroatoms. The van der Waals surface area contributed by atoms with E-state index in [0.29, 0.717) is 24.0 Å². The number of benzene rings is 2. The van der Waals surface area contributed by atoms with Gasteiger partial charge in [-0.05, 0) is 58.2 Å². The number of nitrogens with one attached hydrogen (secondary N) is 1. The van der Waals surface area contributed by atoms with E-state index in [1.54, 1.807) is 0 Å². The van der Waals surface area contributed by atoms with Crippen LogP contribution in [0.2, 0.25) is 5.02 Å². The summed E-state index contributed by atoms with van der Waals surface area (Å²) in [5.74, 6) is 1.42. The second-order valence-corrected chi connectivity index (χ2v) is 6.47. The van der Waals surface area contributed by atoms with E-state index in [2.05, 4.69) is 27.8 Å². The Kier molecular flexibility index (Phi) is 7.63. The summed E-state index contributed by atoms with van der Waals surface area (Å²) >= 11 is 9.60.